The molecule has 0 aromatic carbocycles. The van der Waals surface area contributed by atoms with Gasteiger partial charge in [-0.2, -0.15) is 0 Å². The number of hydrogen-bond donors (Lipinski definition) is 0. The van der Waals surface area contributed by atoms with Gasteiger partial charge in [0.05, 0.1) is 23.6 Å². The molecule has 1 aromatic heterocycles. The van der Waals surface area contributed by atoms with Crippen molar-refractivity contribution in [3.8, 4) is 0 Å². The summed E-state index contributed by atoms with van der Waals surface area (Å²) in [4.78, 5) is 16.9. The molecule has 4 heteroatoms. The molecule has 2 bridgehead atoms. The molecule has 0 spiro atoms. The second-order valence-electron chi connectivity index (χ2n) is 10.7. The lowest BCUT2D eigenvalue weighted by molar-refractivity contribution is 0.233. The number of nitrogens with zero attached hydrogens (tertiary/aromatic N) is 4. The first-order valence-electron chi connectivity index (χ1n) is 12.1. The van der Waals surface area contributed by atoms with Gasteiger partial charge in [0.25, 0.3) is 0 Å². The summed E-state index contributed by atoms with van der Waals surface area (Å²) in [6, 6.07) is 0.263. The number of likely N-dealkylation sites (tertiary alicyclic amines) is 1. The number of hydrogen-bond acceptors (Lipinski definition) is 4. The maximum Gasteiger partial charge on any atom is 0.0901 e. The van der Waals surface area contributed by atoms with Crippen LogP contribution >= 0.6 is 0 Å². The quantitative estimate of drug-likeness (QED) is 0.684. The van der Waals surface area contributed by atoms with Crippen molar-refractivity contribution < 1.29 is 0 Å². The van der Waals surface area contributed by atoms with Gasteiger partial charge in [0.2, 0.25) is 0 Å². The van der Waals surface area contributed by atoms with Crippen molar-refractivity contribution in [2.75, 3.05) is 19.6 Å². The molecule has 1 saturated heterocycles. The Morgan fingerprint density at radius 3 is 2.43 bits per heavy atom. The molecule has 2 aliphatic heterocycles. The van der Waals surface area contributed by atoms with Crippen LogP contribution < -0.4 is 0 Å². The molecule has 30 heavy (non-hydrogen) atoms. The van der Waals surface area contributed by atoms with Crippen molar-refractivity contribution >= 4 is 11.3 Å². The zero-order valence-electron chi connectivity index (χ0n) is 18.4. The van der Waals surface area contributed by atoms with E-state index in [1.54, 1.807) is 0 Å². The number of allylic oxidation sites excluding steroid dienone is 3. The van der Waals surface area contributed by atoms with Gasteiger partial charge < -0.3 is 4.90 Å². The summed E-state index contributed by atoms with van der Waals surface area (Å²) >= 11 is 0. The van der Waals surface area contributed by atoms with E-state index in [2.05, 4.69) is 42.0 Å². The Morgan fingerprint density at radius 1 is 1.00 bits per heavy atom. The minimum atomic E-state index is 0.263. The molecule has 0 N–H and O–H groups in total. The van der Waals surface area contributed by atoms with Crippen LogP contribution in [0.4, 0.5) is 0 Å². The van der Waals surface area contributed by atoms with Gasteiger partial charge in [-0.15, -0.1) is 0 Å². The highest BCUT2D eigenvalue weighted by Gasteiger charge is 2.43. The van der Waals surface area contributed by atoms with Crippen LogP contribution in [0.5, 0.6) is 0 Å². The second-order valence-corrected chi connectivity index (χ2v) is 10.7. The van der Waals surface area contributed by atoms with E-state index < -0.39 is 0 Å². The Bertz CT molecular complexity index is 884. The van der Waals surface area contributed by atoms with Crippen molar-refractivity contribution in [3.63, 3.8) is 0 Å². The third-order valence-electron chi connectivity index (χ3n) is 8.51. The van der Waals surface area contributed by atoms with Crippen LogP contribution in [0.3, 0.4) is 0 Å². The fraction of sp³-hybridized carbons (Fsp3) is 0.654. The molecule has 5 aliphatic rings. The van der Waals surface area contributed by atoms with E-state index in [0.29, 0.717) is 0 Å². The Morgan fingerprint density at radius 2 is 1.83 bits per heavy atom. The van der Waals surface area contributed by atoms with E-state index >= 15 is 0 Å². The Hall–Kier alpha value is -1.81. The summed E-state index contributed by atoms with van der Waals surface area (Å²) in [5.41, 5.74) is 4.37. The zero-order valence-corrected chi connectivity index (χ0v) is 18.4. The van der Waals surface area contributed by atoms with E-state index in [0.717, 1.165) is 64.6 Å². The highest BCUT2D eigenvalue weighted by molar-refractivity contribution is 6.23. The van der Waals surface area contributed by atoms with Crippen LogP contribution in [0.25, 0.3) is 5.57 Å². The highest BCUT2D eigenvalue weighted by Crippen LogP contribution is 2.46. The van der Waals surface area contributed by atoms with Gasteiger partial charge in [0.1, 0.15) is 0 Å². The molecule has 6 rings (SSSR count). The Labute approximate surface area is 180 Å². The summed E-state index contributed by atoms with van der Waals surface area (Å²) in [5.74, 6) is 5.36. The van der Waals surface area contributed by atoms with E-state index in [1.165, 1.54) is 45.3 Å². The topological polar surface area (TPSA) is 41.4 Å². The lowest BCUT2D eigenvalue weighted by atomic mass is 9.93. The number of fused-ring (bicyclic) bond motifs is 3. The predicted molar refractivity (Wildman–Crippen MR) is 121 cm³/mol. The van der Waals surface area contributed by atoms with Crippen molar-refractivity contribution in [1.82, 2.24) is 14.9 Å². The minimum absolute atomic E-state index is 0.263. The summed E-state index contributed by atoms with van der Waals surface area (Å²) in [7, 11) is 0. The lowest BCUT2D eigenvalue weighted by Gasteiger charge is -2.26. The first-order valence-corrected chi connectivity index (χ1v) is 12.1. The standard InChI is InChI=1S/C26H34N4/c1-16-5-25(17(2)29-16)26-12-27-24(11-28-26)10-19-8-22-14-30(15-23(22)9-19)13-21-7-18-3-4-20(21)6-18/h3-5,11-12,16,18-23H,6-10,13-15H2,1-2H3/t16?,18?,19?,20?,21?,22-,23+. The normalized spacial score (nSPS) is 39.6. The summed E-state index contributed by atoms with van der Waals surface area (Å²) in [6.07, 6.45) is 17.9. The number of aromatic nitrogens is 2. The molecular weight excluding hydrogens is 368 g/mol. The average Bonchev–Trinajstić information content (AvgIpc) is 3.51. The van der Waals surface area contributed by atoms with Crippen molar-refractivity contribution in [2.24, 2.45) is 40.5 Å². The third kappa shape index (κ3) is 3.47. The van der Waals surface area contributed by atoms with Crippen molar-refractivity contribution in [2.45, 2.75) is 52.0 Å². The number of aliphatic imine (C=N–C) groups is 1. The van der Waals surface area contributed by atoms with E-state index in [9.17, 15) is 0 Å². The first kappa shape index (κ1) is 18.9. The fourth-order valence-corrected chi connectivity index (χ4v) is 7.21. The fourth-order valence-electron chi connectivity index (χ4n) is 7.21. The van der Waals surface area contributed by atoms with Gasteiger partial charge in [0, 0.05) is 37.1 Å². The molecule has 7 atom stereocenters. The lowest BCUT2D eigenvalue weighted by Crippen LogP contribution is -2.30. The van der Waals surface area contributed by atoms with E-state index in [4.69, 9.17) is 9.97 Å². The molecule has 1 aromatic rings. The summed E-state index contributed by atoms with van der Waals surface area (Å²) in [5, 5.41) is 0. The molecule has 0 amide bonds. The van der Waals surface area contributed by atoms with Crippen LogP contribution in [-0.4, -0.2) is 46.3 Å². The van der Waals surface area contributed by atoms with Gasteiger partial charge in [-0.1, -0.05) is 12.2 Å². The van der Waals surface area contributed by atoms with Crippen LogP contribution in [-0.2, 0) is 6.42 Å². The molecular formula is C26H34N4. The summed E-state index contributed by atoms with van der Waals surface area (Å²) < 4.78 is 0. The molecule has 158 valence electrons. The molecule has 3 fully saturated rings. The van der Waals surface area contributed by atoms with Crippen molar-refractivity contribution in [3.05, 3.63) is 42.0 Å². The van der Waals surface area contributed by atoms with E-state index in [1.807, 2.05) is 12.4 Å². The van der Waals surface area contributed by atoms with E-state index in [-0.39, 0.29) is 6.04 Å². The molecule has 0 radical (unpaired) electrons. The third-order valence-corrected chi connectivity index (χ3v) is 8.51. The van der Waals surface area contributed by atoms with Crippen molar-refractivity contribution in [1.29, 1.82) is 0 Å². The van der Waals surface area contributed by atoms with Gasteiger partial charge in [-0.3, -0.25) is 15.0 Å². The second kappa shape index (κ2) is 7.40. The van der Waals surface area contributed by atoms with Crippen LogP contribution in [0.1, 0.15) is 50.9 Å². The largest absolute Gasteiger partial charge is 0.302 e. The molecule has 3 heterocycles. The van der Waals surface area contributed by atoms with Crippen LogP contribution in [0, 0.1) is 35.5 Å². The molecule has 4 nitrogen and oxygen atoms in total. The average molecular weight is 403 g/mol. The molecule has 3 aliphatic carbocycles. The summed E-state index contributed by atoms with van der Waals surface area (Å²) in [6.45, 7) is 8.22. The van der Waals surface area contributed by atoms with Crippen LogP contribution in [0.2, 0.25) is 0 Å². The monoisotopic (exact) mass is 402 g/mol. The first-order chi connectivity index (χ1) is 14.6. The number of rotatable bonds is 5. The van der Waals surface area contributed by atoms with Gasteiger partial charge in [-0.25, -0.2) is 0 Å². The maximum absolute atomic E-state index is 4.77. The van der Waals surface area contributed by atoms with Crippen LogP contribution in [0.15, 0.2) is 35.6 Å². The van der Waals surface area contributed by atoms with Gasteiger partial charge >= 0.3 is 0 Å². The highest BCUT2D eigenvalue weighted by atomic mass is 15.2. The Kier molecular flexibility index (Phi) is 4.67. The maximum atomic E-state index is 4.77. The van der Waals surface area contributed by atoms with Gasteiger partial charge in [-0.05, 0) is 87.5 Å². The molecule has 2 saturated carbocycles. The predicted octanol–water partition coefficient (Wildman–Crippen LogP) is 4.44. The van der Waals surface area contributed by atoms with Gasteiger partial charge in [0.15, 0.2) is 0 Å². The minimum Gasteiger partial charge on any atom is -0.302 e. The zero-order chi connectivity index (χ0) is 20.2. The SMILES string of the molecule is CC1=NC(C)C=C1c1cnc(CC2C[C@@H]3CN(CC4CC5C=CC4C5)C[C@@H]3C2)cn1. The Balaban J connectivity index is 1.02. The smallest absolute Gasteiger partial charge is 0.0901 e. The molecule has 5 unspecified atom stereocenters.